The number of hydrogen-bond acceptors (Lipinski definition) is 4. The fourth-order valence-corrected chi connectivity index (χ4v) is 2.85. The molecule has 0 N–H and O–H groups in total. The highest BCUT2D eigenvalue weighted by Gasteiger charge is 2.19. The summed E-state index contributed by atoms with van der Waals surface area (Å²) in [5.74, 6) is -0.101. The van der Waals surface area contributed by atoms with Gasteiger partial charge < -0.3 is 9.47 Å². The smallest absolute Gasteiger partial charge is 0.342 e. The van der Waals surface area contributed by atoms with Gasteiger partial charge in [-0.05, 0) is 60.7 Å². The zero-order valence-electron chi connectivity index (χ0n) is 14.7. The van der Waals surface area contributed by atoms with Gasteiger partial charge in [0.15, 0.2) is 5.78 Å². The minimum atomic E-state index is -0.507. The zero-order chi connectivity index (χ0) is 19.5. The predicted octanol–water partition coefficient (Wildman–Crippen LogP) is 4.44. The second-order valence-electron chi connectivity index (χ2n) is 6.25. The van der Waals surface area contributed by atoms with Gasteiger partial charge in [-0.25, -0.2) is 9.18 Å². The lowest BCUT2D eigenvalue weighted by Crippen LogP contribution is -2.19. The third-order valence-corrected chi connectivity index (χ3v) is 4.33. The van der Waals surface area contributed by atoms with Crippen molar-refractivity contribution in [3.05, 3.63) is 101 Å². The van der Waals surface area contributed by atoms with Crippen molar-refractivity contribution in [2.45, 2.75) is 0 Å². The van der Waals surface area contributed by atoms with Gasteiger partial charge in [-0.3, -0.25) is 4.79 Å². The van der Waals surface area contributed by atoms with Crippen molar-refractivity contribution < 1.29 is 23.5 Å². The Hall–Kier alpha value is -3.73. The summed E-state index contributed by atoms with van der Waals surface area (Å²) in [4.78, 5) is 24.8. The second kappa shape index (κ2) is 7.48. The fraction of sp³-hybridized carbons (Fsp3) is 0.0435. The Balaban J connectivity index is 1.46. The molecule has 0 fully saturated rings. The lowest BCUT2D eigenvalue weighted by molar-refractivity contribution is -0.130. The molecule has 0 bridgehead atoms. The van der Waals surface area contributed by atoms with Crippen LogP contribution in [0.5, 0.6) is 11.5 Å². The van der Waals surface area contributed by atoms with Gasteiger partial charge in [0.1, 0.15) is 23.9 Å². The Morgan fingerprint density at radius 3 is 2.21 bits per heavy atom. The van der Waals surface area contributed by atoms with E-state index in [1.54, 1.807) is 30.3 Å². The molecule has 0 radical (unpaired) electrons. The Labute approximate surface area is 160 Å². The van der Waals surface area contributed by atoms with Crippen molar-refractivity contribution in [1.29, 1.82) is 0 Å². The van der Waals surface area contributed by atoms with Gasteiger partial charge in [0, 0.05) is 16.7 Å². The summed E-state index contributed by atoms with van der Waals surface area (Å²) >= 11 is 0. The van der Waals surface area contributed by atoms with Crippen LogP contribution in [0.4, 0.5) is 4.39 Å². The molecule has 0 saturated carbocycles. The molecule has 0 aromatic heterocycles. The van der Waals surface area contributed by atoms with E-state index in [9.17, 15) is 14.0 Å². The number of fused-ring (bicyclic) bond motifs is 1. The van der Waals surface area contributed by atoms with Gasteiger partial charge in [0.05, 0.1) is 5.57 Å². The molecule has 4 rings (SSSR count). The molecule has 0 atom stereocenters. The number of ether oxygens (including phenoxy) is 2. The molecule has 5 heteroatoms. The molecular formula is C23H15FO4. The number of halogens is 1. The Kier molecular flexibility index (Phi) is 4.72. The van der Waals surface area contributed by atoms with Crippen LogP contribution >= 0.6 is 0 Å². The first-order valence-corrected chi connectivity index (χ1v) is 8.65. The number of rotatable bonds is 4. The molecule has 3 aromatic rings. The minimum absolute atomic E-state index is 0.136. The Bertz CT molecular complexity index is 1070. The molecule has 138 valence electrons. The van der Waals surface area contributed by atoms with Crippen LogP contribution in [0.3, 0.4) is 0 Å². The van der Waals surface area contributed by atoms with Crippen LogP contribution in [0.1, 0.15) is 21.5 Å². The van der Waals surface area contributed by atoms with Crippen LogP contribution < -0.4 is 9.47 Å². The molecule has 1 aliphatic heterocycles. The monoisotopic (exact) mass is 374 g/mol. The molecule has 0 unspecified atom stereocenters. The molecule has 3 aromatic carbocycles. The van der Waals surface area contributed by atoms with Crippen LogP contribution in [0.15, 0.2) is 78.4 Å². The first-order chi connectivity index (χ1) is 13.6. The highest BCUT2D eigenvalue weighted by atomic mass is 19.1. The maximum Gasteiger partial charge on any atom is 0.342 e. The van der Waals surface area contributed by atoms with Crippen molar-refractivity contribution >= 4 is 17.8 Å². The molecular weight excluding hydrogens is 359 g/mol. The average molecular weight is 374 g/mol. The Morgan fingerprint density at radius 2 is 1.50 bits per heavy atom. The normalized spacial score (nSPS) is 12.4. The van der Waals surface area contributed by atoms with E-state index in [2.05, 4.69) is 0 Å². The van der Waals surface area contributed by atoms with Gasteiger partial charge in [-0.1, -0.05) is 18.2 Å². The summed E-state index contributed by atoms with van der Waals surface area (Å²) in [6.45, 7) is 0.136. The first kappa shape index (κ1) is 17.7. The summed E-state index contributed by atoms with van der Waals surface area (Å²) < 4.78 is 23.9. The average Bonchev–Trinajstić information content (AvgIpc) is 2.74. The molecule has 0 aliphatic carbocycles. The van der Waals surface area contributed by atoms with E-state index in [4.69, 9.17) is 9.47 Å². The van der Waals surface area contributed by atoms with E-state index >= 15 is 0 Å². The lowest BCUT2D eigenvalue weighted by atomic mass is 10.0. The highest BCUT2D eigenvalue weighted by molar-refractivity contribution is 6.09. The van der Waals surface area contributed by atoms with Gasteiger partial charge in [0.25, 0.3) is 0 Å². The number of benzene rings is 3. The quantitative estimate of drug-likeness (QED) is 0.385. The van der Waals surface area contributed by atoms with E-state index < -0.39 is 11.8 Å². The highest BCUT2D eigenvalue weighted by Crippen LogP contribution is 2.26. The summed E-state index contributed by atoms with van der Waals surface area (Å²) in [6.07, 6.45) is 1.74. The number of para-hydroxylation sites is 1. The molecule has 0 amide bonds. The van der Waals surface area contributed by atoms with E-state index in [-0.39, 0.29) is 12.4 Å². The predicted molar refractivity (Wildman–Crippen MR) is 102 cm³/mol. The van der Waals surface area contributed by atoms with Crippen LogP contribution in [-0.2, 0) is 4.79 Å². The minimum Gasteiger partial charge on any atom is -0.488 e. The molecule has 1 heterocycles. The number of hydrogen-bond donors (Lipinski definition) is 0. The van der Waals surface area contributed by atoms with Gasteiger partial charge in [-0.15, -0.1) is 0 Å². The number of esters is 1. The summed E-state index contributed by atoms with van der Waals surface area (Å²) in [6, 6.07) is 19.0. The molecule has 0 spiro atoms. The molecule has 1 aliphatic rings. The van der Waals surface area contributed by atoms with Gasteiger partial charge in [0.2, 0.25) is 0 Å². The van der Waals surface area contributed by atoms with E-state index in [1.165, 1.54) is 24.3 Å². The summed E-state index contributed by atoms with van der Waals surface area (Å²) in [5, 5.41) is 0. The maximum absolute atomic E-state index is 13.0. The second-order valence-corrected chi connectivity index (χ2v) is 6.25. The lowest BCUT2D eigenvalue weighted by Gasteiger charge is -2.16. The number of carbonyl (C=O) groups excluding carboxylic acids is 2. The third kappa shape index (κ3) is 3.69. The van der Waals surface area contributed by atoms with Crippen LogP contribution in [-0.4, -0.2) is 18.4 Å². The Morgan fingerprint density at radius 1 is 0.857 bits per heavy atom. The topological polar surface area (TPSA) is 52.6 Å². The molecule has 0 saturated heterocycles. The van der Waals surface area contributed by atoms with Gasteiger partial charge in [-0.2, -0.15) is 0 Å². The summed E-state index contributed by atoms with van der Waals surface area (Å²) in [5.41, 5.74) is 2.03. The number of ketones is 1. The van der Waals surface area contributed by atoms with Crippen LogP contribution in [0.25, 0.3) is 6.08 Å². The third-order valence-electron chi connectivity index (χ3n) is 4.33. The van der Waals surface area contributed by atoms with Crippen molar-refractivity contribution in [2.75, 3.05) is 6.61 Å². The number of carbonyl (C=O) groups is 2. The standard InChI is InChI=1S/C23H15FO4/c24-19-9-5-15(6-10-19)22(25)16-7-11-20(12-8-16)28-23(26)18-13-17-3-1-2-4-21(17)27-14-18/h1-13H,14H2. The zero-order valence-corrected chi connectivity index (χ0v) is 14.7. The van der Waals surface area contributed by atoms with E-state index in [0.717, 1.165) is 11.3 Å². The van der Waals surface area contributed by atoms with Crippen LogP contribution in [0, 0.1) is 5.82 Å². The van der Waals surface area contributed by atoms with Crippen molar-refractivity contribution in [1.82, 2.24) is 0 Å². The fourth-order valence-electron chi connectivity index (χ4n) is 2.85. The van der Waals surface area contributed by atoms with E-state index in [1.807, 2.05) is 24.3 Å². The van der Waals surface area contributed by atoms with Gasteiger partial charge >= 0.3 is 5.97 Å². The maximum atomic E-state index is 13.0. The van der Waals surface area contributed by atoms with Crippen molar-refractivity contribution in [3.63, 3.8) is 0 Å². The first-order valence-electron chi connectivity index (χ1n) is 8.65. The van der Waals surface area contributed by atoms with Crippen LogP contribution in [0.2, 0.25) is 0 Å². The summed E-state index contributed by atoms with van der Waals surface area (Å²) in [7, 11) is 0. The SMILES string of the molecule is O=C(Oc1ccc(C(=O)c2ccc(F)cc2)cc1)C1=Cc2ccccc2OC1. The van der Waals surface area contributed by atoms with E-state index in [0.29, 0.717) is 22.4 Å². The molecule has 28 heavy (non-hydrogen) atoms. The van der Waals surface area contributed by atoms with Crippen molar-refractivity contribution in [3.8, 4) is 11.5 Å². The van der Waals surface area contributed by atoms with Crippen molar-refractivity contribution in [2.24, 2.45) is 0 Å². The molecule has 4 nitrogen and oxygen atoms in total. The largest absolute Gasteiger partial charge is 0.488 e.